The van der Waals surface area contributed by atoms with Crippen LogP contribution in [0.5, 0.6) is 5.88 Å². The van der Waals surface area contributed by atoms with E-state index in [4.69, 9.17) is 10.5 Å². The molecule has 1 fully saturated rings. The molecule has 4 aromatic heterocycles. The van der Waals surface area contributed by atoms with Gasteiger partial charge in [-0.3, -0.25) is 0 Å². The quantitative estimate of drug-likeness (QED) is 0.446. The lowest BCUT2D eigenvalue weighted by atomic mass is 10.0. The average Bonchev–Trinajstić information content (AvgIpc) is 3.42. The number of anilines is 3. The maximum absolute atomic E-state index is 6.26. The second kappa shape index (κ2) is 8.53. The number of rotatable bonds is 6. The highest BCUT2D eigenvalue weighted by molar-refractivity contribution is 5.84. The van der Waals surface area contributed by atoms with E-state index in [9.17, 15) is 0 Å². The molecule has 176 valence electrons. The Morgan fingerprint density at radius 3 is 2.65 bits per heavy atom. The van der Waals surface area contributed by atoms with E-state index in [0.717, 1.165) is 36.2 Å². The standard InChI is InChI=1S/C24H29N9O/c1-15(2)33-14-28-21-19(33)11-18(29-22(21)34-4)17-7-9-26-23(30-17)31-20-6-5-16(12-27-20)32-10-8-24(3,25)13-32/h5-7,9,11-12,14-15H,8,10,13,25H2,1-4H3,(H,26,27,30,31). The highest BCUT2D eigenvalue weighted by Crippen LogP contribution is 2.30. The Hall–Kier alpha value is -3.79. The number of hydrogen-bond acceptors (Lipinski definition) is 9. The summed E-state index contributed by atoms with van der Waals surface area (Å²) < 4.78 is 7.59. The van der Waals surface area contributed by atoms with E-state index < -0.39 is 0 Å². The summed E-state index contributed by atoms with van der Waals surface area (Å²) in [6, 6.07) is 8.01. The third-order valence-electron chi connectivity index (χ3n) is 6.06. The minimum Gasteiger partial charge on any atom is -0.479 e. The molecule has 0 spiro atoms. The first-order valence-corrected chi connectivity index (χ1v) is 11.3. The largest absolute Gasteiger partial charge is 0.479 e. The van der Waals surface area contributed by atoms with Crippen LogP contribution in [0.4, 0.5) is 17.5 Å². The van der Waals surface area contributed by atoms with Crippen molar-refractivity contribution in [1.82, 2.24) is 29.5 Å². The molecule has 5 rings (SSSR count). The van der Waals surface area contributed by atoms with Crippen LogP contribution in [0.25, 0.3) is 22.4 Å². The minimum atomic E-state index is -0.155. The van der Waals surface area contributed by atoms with Crippen LogP contribution >= 0.6 is 0 Å². The van der Waals surface area contributed by atoms with Crippen molar-refractivity contribution in [2.24, 2.45) is 5.73 Å². The van der Waals surface area contributed by atoms with E-state index in [1.54, 1.807) is 13.3 Å². The first-order valence-electron chi connectivity index (χ1n) is 11.3. The maximum Gasteiger partial charge on any atom is 0.242 e. The van der Waals surface area contributed by atoms with Gasteiger partial charge >= 0.3 is 0 Å². The molecule has 10 nitrogen and oxygen atoms in total. The van der Waals surface area contributed by atoms with Crippen LogP contribution in [0.15, 0.2) is 43.0 Å². The number of aromatic nitrogens is 6. The van der Waals surface area contributed by atoms with E-state index in [0.29, 0.717) is 29.0 Å². The van der Waals surface area contributed by atoms with Crippen LogP contribution in [0.2, 0.25) is 0 Å². The third kappa shape index (κ3) is 4.24. The SMILES string of the molecule is COc1nc(-c2ccnc(Nc3ccc(N4CCC(C)(N)C4)cn3)n2)cc2c1ncn2C(C)C. The molecule has 3 N–H and O–H groups in total. The molecule has 34 heavy (non-hydrogen) atoms. The normalized spacial score (nSPS) is 18.1. The zero-order chi connectivity index (χ0) is 23.9. The average molecular weight is 460 g/mol. The zero-order valence-electron chi connectivity index (χ0n) is 19.9. The van der Waals surface area contributed by atoms with Crippen LogP contribution in [-0.4, -0.2) is 55.2 Å². The molecule has 1 atom stereocenters. The summed E-state index contributed by atoms with van der Waals surface area (Å²) in [5.74, 6) is 1.56. The van der Waals surface area contributed by atoms with E-state index in [1.165, 1.54) is 0 Å². The molecular formula is C24H29N9O. The highest BCUT2D eigenvalue weighted by atomic mass is 16.5. The smallest absolute Gasteiger partial charge is 0.242 e. The van der Waals surface area contributed by atoms with Gasteiger partial charge in [-0.2, -0.15) is 0 Å². The molecule has 1 saturated heterocycles. The lowest BCUT2D eigenvalue weighted by Crippen LogP contribution is -2.39. The summed E-state index contributed by atoms with van der Waals surface area (Å²) in [5.41, 5.74) is 10.2. The van der Waals surface area contributed by atoms with Crippen molar-refractivity contribution in [3.05, 3.63) is 43.0 Å². The van der Waals surface area contributed by atoms with Crippen molar-refractivity contribution in [1.29, 1.82) is 0 Å². The Morgan fingerprint density at radius 1 is 1.12 bits per heavy atom. The van der Waals surface area contributed by atoms with Gasteiger partial charge in [0.1, 0.15) is 5.82 Å². The predicted molar refractivity (Wildman–Crippen MR) is 132 cm³/mol. The number of hydrogen-bond donors (Lipinski definition) is 2. The molecule has 0 amide bonds. The fourth-order valence-electron chi connectivity index (χ4n) is 4.22. The number of methoxy groups -OCH3 is 1. The minimum absolute atomic E-state index is 0.155. The Balaban J connectivity index is 1.40. The van der Waals surface area contributed by atoms with Crippen molar-refractivity contribution in [2.75, 3.05) is 30.4 Å². The number of pyridine rings is 2. The lowest BCUT2D eigenvalue weighted by molar-refractivity contribution is 0.403. The second-order valence-corrected chi connectivity index (χ2v) is 9.25. The van der Waals surface area contributed by atoms with E-state index >= 15 is 0 Å². The number of fused-ring (bicyclic) bond motifs is 1. The molecule has 1 aliphatic heterocycles. The number of ether oxygens (including phenoxy) is 1. The van der Waals surface area contributed by atoms with Gasteiger partial charge in [-0.25, -0.2) is 24.9 Å². The number of nitrogens with one attached hydrogen (secondary N) is 1. The summed E-state index contributed by atoms with van der Waals surface area (Å²) in [7, 11) is 1.60. The molecule has 10 heteroatoms. The summed E-state index contributed by atoms with van der Waals surface area (Å²) in [4.78, 5) is 24.9. The van der Waals surface area contributed by atoms with Crippen molar-refractivity contribution >= 4 is 28.5 Å². The van der Waals surface area contributed by atoms with Gasteiger partial charge in [-0.15, -0.1) is 0 Å². The first kappa shape index (κ1) is 22.0. The van der Waals surface area contributed by atoms with Gasteiger partial charge < -0.3 is 25.3 Å². The van der Waals surface area contributed by atoms with E-state index in [1.807, 2.05) is 36.8 Å². The van der Waals surface area contributed by atoms with Crippen LogP contribution in [-0.2, 0) is 0 Å². The van der Waals surface area contributed by atoms with Crippen molar-refractivity contribution in [2.45, 2.75) is 38.8 Å². The van der Waals surface area contributed by atoms with Gasteiger partial charge in [-0.05, 0) is 51.5 Å². The number of nitrogens with zero attached hydrogens (tertiary/aromatic N) is 7. The fraction of sp³-hybridized carbons (Fsp3) is 0.375. The monoisotopic (exact) mass is 459 g/mol. The number of nitrogens with two attached hydrogens (primary N) is 1. The Kier molecular flexibility index (Phi) is 5.52. The van der Waals surface area contributed by atoms with Crippen LogP contribution in [0.1, 0.15) is 33.2 Å². The Bertz CT molecular complexity index is 1310. The van der Waals surface area contributed by atoms with Gasteiger partial charge in [0.05, 0.1) is 42.2 Å². The van der Waals surface area contributed by atoms with Crippen molar-refractivity contribution in [3.8, 4) is 17.3 Å². The molecule has 1 unspecified atom stereocenters. The van der Waals surface area contributed by atoms with Crippen LogP contribution in [0.3, 0.4) is 0 Å². The molecule has 5 heterocycles. The van der Waals surface area contributed by atoms with Gasteiger partial charge in [-0.1, -0.05) is 0 Å². The van der Waals surface area contributed by atoms with Crippen LogP contribution < -0.4 is 20.7 Å². The second-order valence-electron chi connectivity index (χ2n) is 9.25. The third-order valence-corrected chi connectivity index (χ3v) is 6.06. The molecule has 0 aromatic carbocycles. The first-order chi connectivity index (χ1) is 16.3. The molecule has 0 bridgehead atoms. The molecule has 0 radical (unpaired) electrons. The molecule has 0 aliphatic carbocycles. The van der Waals surface area contributed by atoms with Crippen molar-refractivity contribution in [3.63, 3.8) is 0 Å². The maximum atomic E-state index is 6.26. The molecular weight excluding hydrogens is 430 g/mol. The summed E-state index contributed by atoms with van der Waals surface area (Å²) >= 11 is 0. The number of imidazole rings is 1. The van der Waals surface area contributed by atoms with E-state index in [-0.39, 0.29) is 11.6 Å². The Labute approximate surface area is 198 Å². The fourth-order valence-corrected chi connectivity index (χ4v) is 4.22. The van der Waals surface area contributed by atoms with Gasteiger partial charge in [0.25, 0.3) is 0 Å². The zero-order valence-corrected chi connectivity index (χ0v) is 19.9. The van der Waals surface area contributed by atoms with Crippen LogP contribution in [0, 0.1) is 0 Å². The Morgan fingerprint density at radius 2 is 1.97 bits per heavy atom. The van der Waals surface area contributed by atoms with E-state index in [2.05, 4.69) is 60.5 Å². The van der Waals surface area contributed by atoms with Gasteiger partial charge in [0.15, 0.2) is 5.52 Å². The van der Waals surface area contributed by atoms with Crippen molar-refractivity contribution < 1.29 is 4.74 Å². The molecule has 0 saturated carbocycles. The lowest BCUT2D eigenvalue weighted by Gasteiger charge is -2.21. The topological polar surface area (TPSA) is 120 Å². The summed E-state index contributed by atoms with van der Waals surface area (Å²) in [5, 5.41) is 3.19. The summed E-state index contributed by atoms with van der Waals surface area (Å²) in [6.07, 6.45) is 6.32. The highest BCUT2D eigenvalue weighted by Gasteiger charge is 2.29. The summed E-state index contributed by atoms with van der Waals surface area (Å²) in [6.45, 7) is 8.06. The van der Waals surface area contributed by atoms with Gasteiger partial charge in [0, 0.05) is 30.9 Å². The molecule has 1 aliphatic rings. The predicted octanol–water partition coefficient (Wildman–Crippen LogP) is 3.54. The van der Waals surface area contributed by atoms with Gasteiger partial charge in [0.2, 0.25) is 11.8 Å². The molecule has 4 aromatic rings.